The molecule has 1 amide bonds. The summed E-state index contributed by atoms with van der Waals surface area (Å²) in [6, 6.07) is 14.3. The maximum absolute atomic E-state index is 12.4. The first-order valence-electron chi connectivity index (χ1n) is 10.3. The van der Waals surface area contributed by atoms with Crippen molar-refractivity contribution in [1.29, 1.82) is 0 Å². The quantitative estimate of drug-likeness (QED) is 0.543. The van der Waals surface area contributed by atoms with Gasteiger partial charge in [0.1, 0.15) is 12.4 Å². The second-order valence-corrected chi connectivity index (χ2v) is 8.47. The third kappa shape index (κ3) is 7.79. The van der Waals surface area contributed by atoms with Gasteiger partial charge < -0.3 is 14.8 Å². The van der Waals surface area contributed by atoms with Crippen LogP contribution in [0.4, 0.5) is 8.78 Å². The van der Waals surface area contributed by atoms with Gasteiger partial charge in [-0.25, -0.2) is 0 Å². The van der Waals surface area contributed by atoms with E-state index in [1.165, 1.54) is 12.1 Å². The minimum absolute atomic E-state index is 0.252. The molecule has 0 unspecified atom stereocenters. The predicted molar refractivity (Wildman–Crippen MR) is 118 cm³/mol. The number of hydrogen-bond acceptors (Lipinski definition) is 5. The van der Waals surface area contributed by atoms with Crippen molar-refractivity contribution < 1.29 is 23.0 Å². The average molecular weight is 451 g/mol. The maximum atomic E-state index is 12.4. The third-order valence-electron chi connectivity index (χ3n) is 5.22. The Kier molecular flexibility index (Phi) is 9.12. The predicted octanol–water partition coefficient (Wildman–Crippen LogP) is 4.42. The van der Waals surface area contributed by atoms with Crippen LogP contribution in [0, 0.1) is 0 Å². The van der Waals surface area contributed by atoms with Crippen LogP contribution in [0.1, 0.15) is 28.8 Å². The fourth-order valence-corrected chi connectivity index (χ4v) is 3.93. The van der Waals surface area contributed by atoms with Crippen molar-refractivity contribution in [2.45, 2.75) is 36.1 Å². The van der Waals surface area contributed by atoms with Crippen LogP contribution in [0.25, 0.3) is 0 Å². The topological polar surface area (TPSA) is 50.8 Å². The lowest BCUT2D eigenvalue weighted by Gasteiger charge is -2.31. The van der Waals surface area contributed by atoms with Crippen molar-refractivity contribution in [3.8, 4) is 5.75 Å². The first kappa shape index (κ1) is 23.5. The molecular formula is C23H28F2N2O3S. The van der Waals surface area contributed by atoms with Crippen LogP contribution in [0.3, 0.4) is 0 Å². The highest BCUT2D eigenvalue weighted by Gasteiger charge is 2.18. The van der Waals surface area contributed by atoms with Crippen LogP contribution in [-0.2, 0) is 11.3 Å². The molecule has 1 aliphatic rings. The normalized spacial score (nSPS) is 14.7. The number of benzene rings is 2. The van der Waals surface area contributed by atoms with E-state index in [0.717, 1.165) is 43.9 Å². The van der Waals surface area contributed by atoms with Gasteiger partial charge in [-0.05, 0) is 61.9 Å². The molecule has 1 heterocycles. The Bertz CT molecular complexity index is 830. The van der Waals surface area contributed by atoms with E-state index in [1.54, 1.807) is 12.1 Å². The van der Waals surface area contributed by atoms with Crippen LogP contribution < -0.4 is 10.1 Å². The van der Waals surface area contributed by atoms with Crippen LogP contribution in [0.2, 0.25) is 0 Å². The number of carbonyl (C=O) groups is 1. The third-order valence-corrected chi connectivity index (χ3v) is 5.94. The molecule has 0 aliphatic carbocycles. The van der Waals surface area contributed by atoms with E-state index in [0.29, 0.717) is 41.4 Å². The lowest BCUT2D eigenvalue weighted by Crippen LogP contribution is -2.38. The highest BCUT2D eigenvalue weighted by atomic mass is 32.2. The number of hydrogen-bond donors (Lipinski definition) is 1. The monoisotopic (exact) mass is 450 g/mol. The first-order valence-corrected chi connectivity index (χ1v) is 11.2. The molecule has 1 aliphatic heterocycles. The van der Waals surface area contributed by atoms with Crippen LogP contribution >= 0.6 is 11.8 Å². The van der Waals surface area contributed by atoms with Crippen molar-refractivity contribution in [3.63, 3.8) is 0 Å². The zero-order chi connectivity index (χ0) is 22.1. The number of amides is 1. The minimum atomic E-state index is -2.48. The number of alkyl halides is 2. The van der Waals surface area contributed by atoms with E-state index in [2.05, 4.69) is 17.3 Å². The molecular weight excluding hydrogens is 422 g/mol. The minimum Gasteiger partial charge on any atom is -0.492 e. The fraction of sp³-hybridized carbons (Fsp3) is 0.435. The van der Waals surface area contributed by atoms with E-state index in [9.17, 15) is 13.6 Å². The number of nitrogens with one attached hydrogen (secondary N) is 1. The summed E-state index contributed by atoms with van der Waals surface area (Å²) in [5, 5.41) is 2.85. The number of thioether (sulfide) groups is 1. The van der Waals surface area contributed by atoms with Gasteiger partial charge in [-0.3, -0.25) is 9.69 Å². The van der Waals surface area contributed by atoms with E-state index in [-0.39, 0.29) is 5.91 Å². The Hall–Kier alpha value is -2.16. The Morgan fingerprint density at radius 1 is 1.23 bits per heavy atom. The molecule has 2 aromatic carbocycles. The summed E-state index contributed by atoms with van der Waals surface area (Å²) in [5.74, 6) is -1.96. The molecule has 0 atom stereocenters. The molecule has 2 aromatic rings. The summed E-state index contributed by atoms with van der Waals surface area (Å²) in [6.45, 7) is 3.43. The van der Waals surface area contributed by atoms with Gasteiger partial charge in [0.15, 0.2) is 0 Å². The molecule has 0 radical (unpaired) electrons. The van der Waals surface area contributed by atoms with Gasteiger partial charge in [-0.2, -0.15) is 8.78 Å². The molecule has 3 rings (SSSR count). The van der Waals surface area contributed by atoms with Crippen molar-refractivity contribution in [2.24, 2.45) is 0 Å². The molecule has 0 aromatic heterocycles. The van der Waals surface area contributed by atoms with Crippen LogP contribution in [0.5, 0.6) is 5.75 Å². The number of halogens is 2. The van der Waals surface area contributed by atoms with E-state index >= 15 is 0 Å². The maximum Gasteiger partial charge on any atom is 0.288 e. The summed E-state index contributed by atoms with van der Waals surface area (Å²) >= 11 is 0.459. The summed E-state index contributed by atoms with van der Waals surface area (Å²) in [6.07, 6.45) is 2.11. The molecule has 31 heavy (non-hydrogen) atoms. The molecule has 168 valence electrons. The van der Waals surface area contributed by atoms with Gasteiger partial charge in [0, 0.05) is 42.8 Å². The van der Waals surface area contributed by atoms with Crippen LogP contribution in [0.15, 0.2) is 53.4 Å². The van der Waals surface area contributed by atoms with Crippen LogP contribution in [-0.4, -0.2) is 56.0 Å². The Morgan fingerprint density at radius 3 is 2.68 bits per heavy atom. The standard InChI is InChI=1S/C23H28F2N2O3S/c1-27(19-9-12-29-13-10-19)11-14-30-20-4-2-3-17(15-20)16-26-22(28)18-5-7-21(8-6-18)31-23(24)25/h2-8,15,19,23H,9-14,16H2,1H3,(H,26,28). The zero-order valence-corrected chi connectivity index (χ0v) is 18.4. The smallest absolute Gasteiger partial charge is 0.288 e. The molecule has 1 fully saturated rings. The van der Waals surface area contributed by atoms with Gasteiger partial charge in [0.05, 0.1) is 0 Å². The zero-order valence-electron chi connectivity index (χ0n) is 17.6. The van der Waals surface area contributed by atoms with Crippen molar-refractivity contribution >= 4 is 17.7 Å². The van der Waals surface area contributed by atoms with E-state index < -0.39 is 5.76 Å². The molecule has 5 nitrogen and oxygen atoms in total. The number of ether oxygens (including phenoxy) is 2. The highest BCUT2D eigenvalue weighted by molar-refractivity contribution is 7.99. The summed E-state index contributed by atoms with van der Waals surface area (Å²) in [5.41, 5.74) is 1.36. The highest BCUT2D eigenvalue weighted by Crippen LogP contribution is 2.25. The number of nitrogens with zero attached hydrogens (tertiary/aromatic N) is 1. The second-order valence-electron chi connectivity index (χ2n) is 7.41. The molecule has 0 spiro atoms. The van der Waals surface area contributed by atoms with Gasteiger partial charge in [0.2, 0.25) is 0 Å². The summed E-state index contributed by atoms with van der Waals surface area (Å²) in [7, 11) is 2.12. The van der Waals surface area contributed by atoms with Gasteiger partial charge in [-0.1, -0.05) is 23.9 Å². The molecule has 0 saturated carbocycles. The number of rotatable bonds is 10. The van der Waals surface area contributed by atoms with Crippen molar-refractivity contribution in [3.05, 3.63) is 59.7 Å². The number of carbonyl (C=O) groups excluding carboxylic acids is 1. The molecule has 1 saturated heterocycles. The lowest BCUT2D eigenvalue weighted by atomic mass is 10.1. The van der Waals surface area contributed by atoms with Crippen molar-refractivity contribution in [2.75, 3.05) is 33.4 Å². The fourth-order valence-electron chi connectivity index (χ4n) is 3.43. The Morgan fingerprint density at radius 2 is 1.97 bits per heavy atom. The van der Waals surface area contributed by atoms with Crippen molar-refractivity contribution in [1.82, 2.24) is 10.2 Å². The molecule has 8 heteroatoms. The molecule has 1 N–H and O–H groups in total. The molecule has 0 bridgehead atoms. The van der Waals surface area contributed by atoms with Gasteiger partial charge in [-0.15, -0.1) is 0 Å². The largest absolute Gasteiger partial charge is 0.492 e. The summed E-state index contributed by atoms with van der Waals surface area (Å²) < 4.78 is 36.1. The lowest BCUT2D eigenvalue weighted by molar-refractivity contribution is 0.0392. The first-order chi connectivity index (χ1) is 15.0. The Labute approximate surface area is 186 Å². The second kappa shape index (κ2) is 12.0. The Balaban J connectivity index is 1.43. The average Bonchev–Trinajstić information content (AvgIpc) is 2.78. The van der Waals surface area contributed by atoms with Gasteiger partial charge in [0.25, 0.3) is 11.7 Å². The SMILES string of the molecule is CN(CCOc1cccc(CNC(=O)c2ccc(SC(F)F)cc2)c1)C1CCOCC1. The van der Waals surface area contributed by atoms with E-state index in [1.807, 2.05) is 24.3 Å². The summed E-state index contributed by atoms with van der Waals surface area (Å²) in [4.78, 5) is 15.1. The van der Waals surface area contributed by atoms with E-state index in [4.69, 9.17) is 9.47 Å². The number of likely N-dealkylation sites (N-methyl/N-ethyl adjacent to an activating group) is 1. The van der Waals surface area contributed by atoms with Gasteiger partial charge >= 0.3 is 0 Å².